The van der Waals surface area contributed by atoms with Gasteiger partial charge in [-0.25, -0.2) is 9.78 Å². The van der Waals surface area contributed by atoms with E-state index < -0.39 is 60.6 Å². The molecule has 0 aliphatic heterocycles. The molecule has 0 saturated heterocycles. The van der Waals surface area contributed by atoms with Gasteiger partial charge in [-0.1, -0.05) is 0 Å². The maximum Gasteiger partial charge on any atom is 0.328 e. The van der Waals surface area contributed by atoms with Crippen LogP contribution in [0.2, 0.25) is 0 Å². The third-order valence-electron chi connectivity index (χ3n) is 4.43. The van der Waals surface area contributed by atoms with Crippen LogP contribution in [-0.2, 0) is 25.6 Å². The zero-order valence-corrected chi connectivity index (χ0v) is 18.6. The van der Waals surface area contributed by atoms with Crippen LogP contribution in [0.5, 0.6) is 0 Å². The third-order valence-corrected chi connectivity index (χ3v) is 5.08. The molecule has 0 radical (unpaired) electrons. The van der Waals surface area contributed by atoms with Crippen molar-refractivity contribution in [3.63, 3.8) is 0 Å². The van der Waals surface area contributed by atoms with Gasteiger partial charge in [-0.05, 0) is 25.4 Å². The molecule has 0 bridgehead atoms. The quantitative estimate of drug-likeness (QED) is 0.136. The first-order valence-corrected chi connectivity index (χ1v) is 11.1. The Morgan fingerprint density at radius 1 is 1.16 bits per heavy atom. The zero-order valence-electron chi connectivity index (χ0n) is 17.8. The Balaban J connectivity index is 2.84. The molecule has 0 fully saturated rings. The van der Waals surface area contributed by atoms with Gasteiger partial charge in [0.2, 0.25) is 17.7 Å². The number of H-pyrrole nitrogens is 1. The van der Waals surface area contributed by atoms with Crippen molar-refractivity contribution in [3.05, 3.63) is 18.2 Å². The molecule has 5 unspecified atom stereocenters. The lowest BCUT2D eigenvalue weighted by molar-refractivity contribution is -0.143. The largest absolute Gasteiger partial charge is 0.480 e. The van der Waals surface area contributed by atoms with Crippen LogP contribution in [0.15, 0.2) is 12.5 Å². The maximum atomic E-state index is 12.7. The lowest BCUT2D eigenvalue weighted by atomic mass is 10.1. The van der Waals surface area contributed by atoms with Crippen molar-refractivity contribution in [3.8, 4) is 0 Å². The molecule has 0 aromatic carbocycles. The van der Waals surface area contributed by atoms with Crippen molar-refractivity contribution in [1.29, 1.82) is 0 Å². The minimum Gasteiger partial charge on any atom is -0.480 e. The van der Waals surface area contributed by atoms with Crippen LogP contribution in [0.25, 0.3) is 0 Å². The van der Waals surface area contributed by atoms with Crippen molar-refractivity contribution in [2.24, 2.45) is 5.73 Å². The molecule has 0 aliphatic rings. The molecule has 32 heavy (non-hydrogen) atoms. The molecule has 180 valence electrons. The number of nitrogens with two attached hydrogens (primary N) is 1. The number of rotatable bonds is 14. The molecule has 1 aromatic rings. The Kier molecular flexibility index (Phi) is 11.7. The van der Waals surface area contributed by atoms with Crippen LogP contribution in [0.3, 0.4) is 0 Å². The number of carboxylic acid groups (broad SMARTS) is 1. The summed E-state index contributed by atoms with van der Waals surface area (Å²) in [6.07, 6.45) is 3.67. The van der Waals surface area contributed by atoms with Gasteiger partial charge in [0, 0.05) is 18.3 Å². The highest BCUT2D eigenvalue weighted by atomic mass is 32.2. The summed E-state index contributed by atoms with van der Waals surface area (Å²) in [4.78, 5) is 55.3. The first-order valence-electron chi connectivity index (χ1n) is 9.75. The normalized spacial score (nSPS) is 15.7. The number of imidazole rings is 1. The van der Waals surface area contributed by atoms with Gasteiger partial charge >= 0.3 is 5.97 Å². The smallest absolute Gasteiger partial charge is 0.328 e. The van der Waals surface area contributed by atoms with Crippen LogP contribution >= 0.6 is 11.8 Å². The Labute approximate surface area is 188 Å². The average molecular weight is 475 g/mol. The predicted octanol–water partition coefficient (Wildman–Crippen LogP) is -3.06. The van der Waals surface area contributed by atoms with E-state index in [1.165, 1.54) is 31.2 Å². The van der Waals surface area contributed by atoms with E-state index in [0.29, 0.717) is 11.4 Å². The fraction of sp³-hybridized carbons (Fsp3) is 0.611. The van der Waals surface area contributed by atoms with Crippen LogP contribution in [-0.4, -0.2) is 97.9 Å². The molecule has 0 aliphatic carbocycles. The molecular formula is C18H30N6O7S. The standard InChI is InChI=1S/C18H30N6O7S/c1-9(26)14(24-15(27)11(19)5-10-6-20-8-21-10)17(29)22-12(3-4-32-2)16(28)23-13(7-25)18(30)31/h6,8-9,11-14,25-26H,3-5,7,19H2,1-2H3,(H,20,21)(H,22,29)(H,23,28)(H,24,27)(H,30,31). The van der Waals surface area contributed by atoms with Crippen molar-refractivity contribution in [2.45, 2.75) is 50.0 Å². The summed E-state index contributed by atoms with van der Waals surface area (Å²) in [5.41, 5.74) is 6.46. The molecule has 5 atom stereocenters. The van der Waals surface area contributed by atoms with Gasteiger partial charge in [0.1, 0.15) is 18.1 Å². The molecule has 1 heterocycles. The third kappa shape index (κ3) is 8.82. The first-order chi connectivity index (χ1) is 15.1. The summed E-state index contributed by atoms with van der Waals surface area (Å²) in [6.45, 7) is 0.457. The molecule has 14 heteroatoms. The molecule has 9 N–H and O–H groups in total. The number of thioether (sulfide) groups is 1. The first kappa shape index (κ1) is 27.4. The number of aliphatic carboxylic acids is 1. The summed E-state index contributed by atoms with van der Waals surface area (Å²) in [5.74, 6) is -3.34. The van der Waals surface area contributed by atoms with Crippen molar-refractivity contribution >= 4 is 35.5 Å². The number of aromatic nitrogens is 2. The van der Waals surface area contributed by atoms with Crippen molar-refractivity contribution < 1.29 is 34.5 Å². The molecule has 1 aromatic heterocycles. The second-order valence-electron chi connectivity index (χ2n) is 7.04. The highest BCUT2D eigenvalue weighted by Gasteiger charge is 2.32. The fourth-order valence-corrected chi connectivity index (χ4v) is 3.09. The molecule has 0 spiro atoms. The number of nitrogens with zero attached hydrogens (tertiary/aromatic N) is 1. The molecular weight excluding hydrogens is 444 g/mol. The van der Waals surface area contributed by atoms with Gasteiger partial charge in [0.15, 0.2) is 0 Å². The summed E-state index contributed by atoms with van der Waals surface area (Å²) in [6, 6.07) is -5.13. The number of amides is 3. The number of carbonyl (C=O) groups is 4. The van der Waals surface area contributed by atoms with E-state index in [1.807, 2.05) is 0 Å². The second-order valence-corrected chi connectivity index (χ2v) is 8.02. The monoisotopic (exact) mass is 474 g/mol. The number of hydrogen-bond donors (Lipinski definition) is 8. The SMILES string of the molecule is CSCCC(NC(=O)C(NC(=O)C(N)Cc1cnc[nH]1)C(C)O)C(=O)NC(CO)C(=O)O. The van der Waals surface area contributed by atoms with Gasteiger partial charge < -0.3 is 42.0 Å². The van der Waals surface area contributed by atoms with E-state index in [4.69, 9.17) is 15.9 Å². The maximum absolute atomic E-state index is 12.7. The van der Waals surface area contributed by atoms with Gasteiger partial charge in [-0.2, -0.15) is 11.8 Å². The van der Waals surface area contributed by atoms with Gasteiger partial charge in [0.05, 0.1) is 25.1 Å². The van der Waals surface area contributed by atoms with Crippen LogP contribution in [0.4, 0.5) is 0 Å². The number of aliphatic hydroxyl groups excluding tert-OH is 2. The number of carbonyl (C=O) groups excluding carboxylic acids is 3. The highest BCUT2D eigenvalue weighted by molar-refractivity contribution is 7.98. The lowest BCUT2D eigenvalue weighted by Crippen LogP contribution is -2.60. The van der Waals surface area contributed by atoms with Crippen molar-refractivity contribution in [1.82, 2.24) is 25.9 Å². The van der Waals surface area contributed by atoms with Gasteiger partial charge in [0.25, 0.3) is 0 Å². The molecule has 13 nitrogen and oxygen atoms in total. The summed E-state index contributed by atoms with van der Waals surface area (Å²) < 4.78 is 0. The van der Waals surface area contributed by atoms with Crippen LogP contribution in [0.1, 0.15) is 19.0 Å². The molecule has 3 amide bonds. The Morgan fingerprint density at radius 3 is 2.31 bits per heavy atom. The molecule has 0 saturated carbocycles. The Hall–Kier alpha value is -2.68. The van der Waals surface area contributed by atoms with Crippen LogP contribution < -0.4 is 21.7 Å². The number of carboxylic acids is 1. The molecule has 1 rings (SSSR count). The van der Waals surface area contributed by atoms with Crippen LogP contribution in [0, 0.1) is 0 Å². The Morgan fingerprint density at radius 2 is 1.81 bits per heavy atom. The minimum atomic E-state index is -1.54. The summed E-state index contributed by atoms with van der Waals surface area (Å²) >= 11 is 1.40. The Bertz CT molecular complexity index is 761. The average Bonchev–Trinajstić information content (AvgIpc) is 3.24. The van der Waals surface area contributed by atoms with E-state index in [9.17, 15) is 24.3 Å². The highest BCUT2D eigenvalue weighted by Crippen LogP contribution is 2.05. The van der Waals surface area contributed by atoms with E-state index in [1.54, 1.807) is 6.26 Å². The second kappa shape index (κ2) is 13.7. The number of nitrogens with one attached hydrogen (secondary N) is 4. The number of aliphatic hydroxyl groups is 2. The summed E-state index contributed by atoms with van der Waals surface area (Å²) in [7, 11) is 0. The topological polar surface area (TPSA) is 220 Å². The van der Waals surface area contributed by atoms with E-state index in [-0.39, 0.29) is 12.8 Å². The van der Waals surface area contributed by atoms with E-state index in [2.05, 4.69) is 25.9 Å². The van der Waals surface area contributed by atoms with Crippen molar-refractivity contribution in [2.75, 3.05) is 18.6 Å². The summed E-state index contributed by atoms with van der Waals surface area (Å²) in [5, 5.41) is 35.0. The van der Waals surface area contributed by atoms with E-state index in [0.717, 1.165) is 0 Å². The predicted molar refractivity (Wildman–Crippen MR) is 115 cm³/mol. The van der Waals surface area contributed by atoms with Gasteiger partial charge in [-0.3, -0.25) is 14.4 Å². The number of aromatic amines is 1. The zero-order chi connectivity index (χ0) is 24.3. The van der Waals surface area contributed by atoms with Gasteiger partial charge in [-0.15, -0.1) is 0 Å². The number of hydrogen-bond acceptors (Lipinski definition) is 9. The lowest BCUT2D eigenvalue weighted by Gasteiger charge is -2.26. The fourth-order valence-electron chi connectivity index (χ4n) is 2.62. The van der Waals surface area contributed by atoms with E-state index >= 15 is 0 Å². The minimum absolute atomic E-state index is 0.122.